The van der Waals surface area contributed by atoms with Gasteiger partial charge in [0.15, 0.2) is 5.82 Å². The summed E-state index contributed by atoms with van der Waals surface area (Å²) in [5.41, 5.74) is 3.81. The van der Waals surface area contributed by atoms with E-state index in [1.165, 1.54) is 6.07 Å². The quantitative estimate of drug-likeness (QED) is 0.473. The van der Waals surface area contributed by atoms with Gasteiger partial charge in [-0.15, -0.1) is 0 Å². The van der Waals surface area contributed by atoms with E-state index in [2.05, 4.69) is 19.9 Å². The van der Waals surface area contributed by atoms with E-state index >= 15 is 0 Å². The molecule has 28 heavy (non-hydrogen) atoms. The molecule has 0 spiro atoms. The van der Waals surface area contributed by atoms with Crippen molar-refractivity contribution in [2.24, 2.45) is 0 Å². The summed E-state index contributed by atoms with van der Waals surface area (Å²) in [7, 11) is 0. The van der Waals surface area contributed by atoms with Gasteiger partial charge in [0.25, 0.3) is 0 Å². The van der Waals surface area contributed by atoms with Gasteiger partial charge in [0.1, 0.15) is 11.5 Å². The van der Waals surface area contributed by atoms with E-state index in [4.69, 9.17) is 6.57 Å². The number of benzene rings is 2. The van der Waals surface area contributed by atoms with Crippen LogP contribution in [-0.2, 0) is 6.54 Å². The van der Waals surface area contributed by atoms with Gasteiger partial charge in [-0.2, -0.15) is 5.10 Å². The number of hydrogen-bond acceptors (Lipinski definition) is 3. The highest BCUT2D eigenvalue weighted by Crippen LogP contribution is 2.38. The molecule has 0 saturated heterocycles. The van der Waals surface area contributed by atoms with Crippen LogP contribution in [-0.4, -0.2) is 19.7 Å². The average Bonchev–Trinajstić information content (AvgIpc) is 3.09. The molecule has 2 aromatic carbocycles. The summed E-state index contributed by atoms with van der Waals surface area (Å²) in [5, 5.41) is 4.60. The largest absolute Gasteiger partial charge is 0.271 e. The van der Waals surface area contributed by atoms with Gasteiger partial charge in [-0.1, -0.05) is 48.0 Å². The first-order valence-electron chi connectivity index (χ1n) is 8.73. The maximum Gasteiger partial charge on any atom is 0.243 e. The minimum Gasteiger partial charge on any atom is -0.271 e. The van der Waals surface area contributed by atoms with Crippen molar-refractivity contribution in [2.75, 3.05) is 0 Å². The predicted octanol–water partition coefficient (Wildman–Crippen LogP) is 5.05. The molecule has 0 radical (unpaired) electrons. The van der Waals surface area contributed by atoms with Crippen LogP contribution >= 0.6 is 0 Å². The maximum atomic E-state index is 14.2. The highest BCUT2D eigenvalue weighted by atomic mass is 19.1. The van der Waals surface area contributed by atoms with Crippen molar-refractivity contribution in [3.63, 3.8) is 0 Å². The Morgan fingerprint density at radius 1 is 1.00 bits per heavy atom. The van der Waals surface area contributed by atoms with Crippen LogP contribution in [0.1, 0.15) is 11.1 Å². The number of halogens is 1. The zero-order chi connectivity index (χ0) is 19.5. The SMILES string of the molecule is [C-]#[N+]c1c(-c2ncccn2)nn(Cc2ccccc2F)c1-c1ccc(C)cc1. The van der Waals surface area contributed by atoms with E-state index in [0.717, 1.165) is 11.1 Å². The lowest BCUT2D eigenvalue weighted by atomic mass is 10.1. The van der Waals surface area contributed by atoms with Crippen molar-refractivity contribution < 1.29 is 4.39 Å². The minimum atomic E-state index is -0.310. The Hall–Kier alpha value is -3.85. The Kier molecular flexibility index (Phi) is 4.65. The van der Waals surface area contributed by atoms with Crippen molar-refractivity contribution in [1.82, 2.24) is 19.7 Å². The third kappa shape index (κ3) is 3.26. The van der Waals surface area contributed by atoms with Gasteiger partial charge in [0, 0.05) is 18.0 Å². The first-order chi connectivity index (χ1) is 13.7. The van der Waals surface area contributed by atoms with E-state index in [1.54, 1.807) is 41.3 Å². The monoisotopic (exact) mass is 369 g/mol. The average molecular weight is 369 g/mol. The molecule has 0 amide bonds. The summed E-state index contributed by atoms with van der Waals surface area (Å²) in [6.07, 6.45) is 3.22. The molecule has 0 aliphatic heterocycles. The first-order valence-corrected chi connectivity index (χ1v) is 8.73. The third-order valence-electron chi connectivity index (χ3n) is 4.42. The molecule has 136 valence electrons. The topological polar surface area (TPSA) is 48.0 Å². The molecule has 0 bridgehead atoms. The molecule has 0 N–H and O–H groups in total. The van der Waals surface area contributed by atoms with E-state index in [0.29, 0.717) is 28.5 Å². The van der Waals surface area contributed by atoms with E-state index in [-0.39, 0.29) is 12.4 Å². The molecule has 4 rings (SSSR count). The molecule has 0 saturated carbocycles. The molecular weight excluding hydrogens is 353 g/mol. The molecular formula is C22H16FN5. The number of aryl methyl sites for hydroxylation is 1. The fourth-order valence-electron chi connectivity index (χ4n) is 3.03. The second-order valence-electron chi connectivity index (χ2n) is 6.35. The first kappa shape index (κ1) is 17.6. The Morgan fingerprint density at radius 3 is 2.39 bits per heavy atom. The van der Waals surface area contributed by atoms with Crippen LogP contribution in [0.5, 0.6) is 0 Å². The van der Waals surface area contributed by atoms with E-state index < -0.39 is 0 Å². The highest BCUT2D eigenvalue weighted by molar-refractivity contribution is 5.86. The number of aromatic nitrogens is 4. The van der Waals surface area contributed by atoms with Gasteiger partial charge in [-0.05, 0) is 24.6 Å². The minimum absolute atomic E-state index is 0.200. The summed E-state index contributed by atoms with van der Waals surface area (Å²) in [4.78, 5) is 12.2. The molecule has 0 unspecified atom stereocenters. The van der Waals surface area contributed by atoms with Crippen LogP contribution in [0.25, 0.3) is 27.6 Å². The zero-order valence-corrected chi connectivity index (χ0v) is 15.2. The van der Waals surface area contributed by atoms with Crippen LogP contribution in [0.2, 0.25) is 0 Å². The van der Waals surface area contributed by atoms with E-state index in [9.17, 15) is 4.39 Å². The Morgan fingerprint density at radius 2 is 1.71 bits per heavy atom. The third-order valence-corrected chi connectivity index (χ3v) is 4.42. The maximum absolute atomic E-state index is 14.2. The van der Waals surface area contributed by atoms with Gasteiger partial charge in [0.2, 0.25) is 5.69 Å². The highest BCUT2D eigenvalue weighted by Gasteiger charge is 2.23. The lowest BCUT2D eigenvalue weighted by molar-refractivity contribution is 0.587. The second-order valence-corrected chi connectivity index (χ2v) is 6.35. The van der Waals surface area contributed by atoms with Gasteiger partial charge in [0.05, 0.1) is 18.8 Å². The van der Waals surface area contributed by atoms with Crippen molar-refractivity contribution in [2.45, 2.75) is 13.5 Å². The molecule has 0 fully saturated rings. The fourth-order valence-corrected chi connectivity index (χ4v) is 3.03. The van der Waals surface area contributed by atoms with Crippen LogP contribution in [0.4, 0.5) is 10.1 Å². The molecule has 2 heterocycles. The number of nitrogens with zero attached hydrogens (tertiary/aromatic N) is 5. The van der Waals surface area contributed by atoms with Gasteiger partial charge >= 0.3 is 0 Å². The molecule has 2 aromatic heterocycles. The van der Waals surface area contributed by atoms with Gasteiger partial charge < -0.3 is 0 Å². The smallest absolute Gasteiger partial charge is 0.243 e. The van der Waals surface area contributed by atoms with Crippen LogP contribution in [0.15, 0.2) is 67.0 Å². The predicted molar refractivity (Wildman–Crippen MR) is 105 cm³/mol. The normalized spacial score (nSPS) is 10.6. The summed E-state index contributed by atoms with van der Waals surface area (Å²) in [6.45, 7) is 9.94. The molecule has 4 aromatic rings. The Balaban J connectivity index is 1.93. The molecule has 5 nitrogen and oxygen atoms in total. The van der Waals surface area contributed by atoms with Crippen molar-refractivity contribution in [3.05, 3.63) is 95.4 Å². The number of rotatable bonds is 4. The lowest BCUT2D eigenvalue weighted by Crippen LogP contribution is -2.06. The van der Waals surface area contributed by atoms with Gasteiger partial charge in [-0.25, -0.2) is 19.2 Å². The van der Waals surface area contributed by atoms with Crippen molar-refractivity contribution >= 4 is 5.69 Å². The van der Waals surface area contributed by atoms with Crippen LogP contribution < -0.4 is 0 Å². The van der Waals surface area contributed by atoms with Crippen LogP contribution in [0.3, 0.4) is 0 Å². The summed E-state index contributed by atoms with van der Waals surface area (Å²) in [6, 6.07) is 16.1. The standard InChI is InChI=1S/C22H16FN5/c1-15-8-10-16(11-9-15)21-19(24-2)20(22-25-12-5-13-26-22)27-28(21)14-17-6-3-4-7-18(17)23/h3-13H,14H2,1H3. The van der Waals surface area contributed by atoms with Gasteiger partial charge in [-0.3, -0.25) is 4.68 Å². The summed E-state index contributed by atoms with van der Waals surface area (Å²) < 4.78 is 15.9. The Labute approximate surface area is 162 Å². The molecule has 0 aliphatic rings. The molecule has 0 aliphatic carbocycles. The number of hydrogen-bond donors (Lipinski definition) is 0. The van der Waals surface area contributed by atoms with Crippen molar-refractivity contribution in [3.8, 4) is 22.8 Å². The van der Waals surface area contributed by atoms with Crippen molar-refractivity contribution in [1.29, 1.82) is 0 Å². The zero-order valence-electron chi connectivity index (χ0n) is 15.2. The van der Waals surface area contributed by atoms with Crippen LogP contribution in [0, 0.1) is 19.3 Å². The Bertz CT molecular complexity index is 1160. The summed E-state index contributed by atoms with van der Waals surface area (Å²) in [5.74, 6) is 0.0591. The summed E-state index contributed by atoms with van der Waals surface area (Å²) >= 11 is 0. The lowest BCUT2D eigenvalue weighted by Gasteiger charge is -2.10. The second kappa shape index (κ2) is 7.41. The molecule has 0 atom stereocenters. The van der Waals surface area contributed by atoms with E-state index in [1.807, 2.05) is 31.2 Å². The fraction of sp³-hybridized carbons (Fsp3) is 0.0909. The molecule has 6 heteroatoms.